The second kappa shape index (κ2) is 6.67. The fourth-order valence-electron chi connectivity index (χ4n) is 3.70. The molecule has 24 heavy (non-hydrogen) atoms. The summed E-state index contributed by atoms with van der Waals surface area (Å²) in [6, 6.07) is 2.13. The third-order valence-corrected chi connectivity index (χ3v) is 4.95. The number of aryl methyl sites for hydroxylation is 1. The van der Waals surface area contributed by atoms with Gasteiger partial charge in [-0.25, -0.2) is 9.97 Å². The summed E-state index contributed by atoms with van der Waals surface area (Å²) in [6.07, 6.45) is 4.52. The summed E-state index contributed by atoms with van der Waals surface area (Å²) in [5.41, 5.74) is 6.25. The van der Waals surface area contributed by atoms with Crippen LogP contribution in [0, 0.1) is 6.92 Å². The highest BCUT2D eigenvalue weighted by atomic mass is 16.2. The van der Waals surface area contributed by atoms with E-state index in [1.165, 1.54) is 12.8 Å². The minimum Gasteiger partial charge on any atom is -0.357 e. The Bertz CT molecular complexity index is 604. The molecule has 2 aliphatic heterocycles. The van der Waals surface area contributed by atoms with Crippen LogP contribution < -0.4 is 10.6 Å². The van der Waals surface area contributed by atoms with E-state index in [0.717, 1.165) is 49.8 Å². The summed E-state index contributed by atoms with van der Waals surface area (Å²) in [5, 5.41) is 0. The Morgan fingerprint density at radius 2 is 1.92 bits per heavy atom. The van der Waals surface area contributed by atoms with Crippen LogP contribution in [0.2, 0.25) is 0 Å². The first-order valence-electron chi connectivity index (χ1n) is 9.03. The molecular weight excluding hydrogens is 302 g/mol. The largest absolute Gasteiger partial charge is 0.357 e. The van der Waals surface area contributed by atoms with Crippen molar-refractivity contribution >= 4 is 11.7 Å². The number of piperidine rings is 1. The topological polar surface area (TPSA) is 75.3 Å². The Morgan fingerprint density at radius 3 is 2.58 bits per heavy atom. The van der Waals surface area contributed by atoms with Gasteiger partial charge >= 0.3 is 0 Å². The minimum absolute atomic E-state index is 0.0257. The highest BCUT2D eigenvalue weighted by Gasteiger charge is 2.32. The minimum atomic E-state index is -0.815. The molecule has 2 fully saturated rings. The second-order valence-electron chi connectivity index (χ2n) is 7.70. The predicted molar refractivity (Wildman–Crippen MR) is 95.0 cm³/mol. The number of anilines is 1. The average Bonchev–Trinajstić information content (AvgIpc) is 3.07. The zero-order chi connectivity index (χ0) is 17.3. The quantitative estimate of drug-likeness (QED) is 0.914. The standard InChI is InChI=1S/C18H29N5O/c1-13-20-15(11-16(21-13)22-8-4-5-9-22)14-7-6-10-23(12-14)17(24)18(2,3)19/h11,14H,4-10,12,19H2,1-3H3/t14-/m0/s1. The zero-order valence-electron chi connectivity index (χ0n) is 15.1. The van der Waals surface area contributed by atoms with Crippen LogP contribution >= 0.6 is 0 Å². The van der Waals surface area contributed by atoms with Crippen molar-refractivity contribution in [1.29, 1.82) is 0 Å². The van der Waals surface area contributed by atoms with Crippen molar-refractivity contribution in [3.63, 3.8) is 0 Å². The molecule has 1 atom stereocenters. The molecule has 6 heteroatoms. The van der Waals surface area contributed by atoms with Gasteiger partial charge in [0.25, 0.3) is 0 Å². The third-order valence-electron chi connectivity index (χ3n) is 4.95. The predicted octanol–water partition coefficient (Wildman–Crippen LogP) is 1.83. The summed E-state index contributed by atoms with van der Waals surface area (Å²) in [5.74, 6) is 2.15. The van der Waals surface area contributed by atoms with E-state index < -0.39 is 5.54 Å². The van der Waals surface area contributed by atoms with Crippen molar-refractivity contribution in [2.24, 2.45) is 5.73 Å². The zero-order valence-corrected chi connectivity index (χ0v) is 15.1. The van der Waals surface area contributed by atoms with Crippen molar-refractivity contribution in [2.75, 3.05) is 31.1 Å². The lowest BCUT2D eigenvalue weighted by Crippen LogP contribution is -2.53. The number of rotatable bonds is 3. The summed E-state index contributed by atoms with van der Waals surface area (Å²) in [4.78, 5) is 26.0. The van der Waals surface area contributed by atoms with E-state index in [4.69, 9.17) is 5.73 Å². The van der Waals surface area contributed by atoms with Gasteiger partial charge in [-0.3, -0.25) is 4.79 Å². The molecule has 0 bridgehead atoms. The summed E-state index contributed by atoms with van der Waals surface area (Å²) >= 11 is 0. The van der Waals surface area contributed by atoms with Gasteiger partial charge in [0.15, 0.2) is 0 Å². The lowest BCUT2D eigenvalue weighted by atomic mass is 9.92. The molecular formula is C18H29N5O. The molecule has 0 radical (unpaired) electrons. The van der Waals surface area contributed by atoms with Gasteiger partial charge in [0, 0.05) is 38.2 Å². The maximum atomic E-state index is 12.5. The number of nitrogens with two attached hydrogens (primary N) is 1. The number of hydrogen-bond acceptors (Lipinski definition) is 5. The molecule has 2 saturated heterocycles. The Balaban J connectivity index is 1.79. The number of carbonyl (C=O) groups is 1. The summed E-state index contributed by atoms with van der Waals surface area (Å²) in [7, 11) is 0. The van der Waals surface area contributed by atoms with Crippen LogP contribution in [0.25, 0.3) is 0 Å². The SMILES string of the molecule is Cc1nc([C@H]2CCCN(C(=O)C(C)(C)N)C2)cc(N2CCCC2)n1. The highest BCUT2D eigenvalue weighted by Crippen LogP contribution is 2.29. The Kier molecular flexibility index (Phi) is 4.76. The molecule has 0 saturated carbocycles. The number of nitrogens with zero attached hydrogens (tertiary/aromatic N) is 4. The maximum absolute atomic E-state index is 12.5. The Morgan fingerprint density at radius 1 is 1.21 bits per heavy atom. The molecule has 0 spiro atoms. The number of aromatic nitrogens is 2. The van der Waals surface area contributed by atoms with Gasteiger partial charge in [0.1, 0.15) is 11.6 Å². The number of carbonyl (C=O) groups excluding carboxylic acids is 1. The van der Waals surface area contributed by atoms with Crippen LogP contribution in [0.4, 0.5) is 5.82 Å². The highest BCUT2D eigenvalue weighted by molar-refractivity contribution is 5.85. The van der Waals surface area contributed by atoms with E-state index in [2.05, 4.69) is 20.9 Å². The first-order valence-corrected chi connectivity index (χ1v) is 9.03. The molecule has 3 heterocycles. The Hall–Kier alpha value is -1.69. The molecule has 2 aliphatic rings. The van der Waals surface area contributed by atoms with E-state index in [1.54, 1.807) is 13.8 Å². The molecule has 1 aromatic heterocycles. The van der Waals surface area contributed by atoms with Crippen LogP contribution in [0.15, 0.2) is 6.07 Å². The van der Waals surface area contributed by atoms with E-state index in [0.29, 0.717) is 6.54 Å². The van der Waals surface area contributed by atoms with Crippen LogP contribution in [0.5, 0.6) is 0 Å². The molecule has 0 aromatic carbocycles. The molecule has 1 aromatic rings. The molecule has 6 nitrogen and oxygen atoms in total. The van der Waals surface area contributed by atoms with Gasteiger partial charge in [-0.1, -0.05) is 0 Å². The average molecular weight is 331 g/mol. The normalized spacial score (nSPS) is 22.1. The van der Waals surface area contributed by atoms with E-state index >= 15 is 0 Å². The van der Waals surface area contributed by atoms with Crippen LogP contribution in [0.3, 0.4) is 0 Å². The van der Waals surface area contributed by atoms with Crippen molar-refractivity contribution < 1.29 is 4.79 Å². The van der Waals surface area contributed by atoms with Crippen LogP contribution in [-0.2, 0) is 4.79 Å². The molecule has 0 aliphatic carbocycles. The summed E-state index contributed by atoms with van der Waals surface area (Å²) in [6.45, 7) is 9.16. The number of likely N-dealkylation sites (tertiary alicyclic amines) is 1. The first kappa shape index (κ1) is 17.1. The van der Waals surface area contributed by atoms with Crippen LogP contribution in [0.1, 0.15) is 57.0 Å². The molecule has 3 rings (SSSR count). The third kappa shape index (κ3) is 3.69. The molecule has 1 amide bonds. The molecule has 2 N–H and O–H groups in total. The Labute approximate surface area is 144 Å². The van der Waals surface area contributed by atoms with Gasteiger partial charge in [-0.05, 0) is 46.5 Å². The van der Waals surface area contributed by atoms with Gasteiger partial charge in [-0.2, -0.15) is 0 Å². The number of amides is 1. The van der Waals surface area contributed by atoms with Gasteiger partial charge in [0.05, 0.1) is 11.2 Å². The van der Waals surface area contributed by atoms with Gasteiger partial charge in [-0.15, -0.1) is 0 Å². The van der Waals surface area contributed by atoms with Crippen molar-refractivity contribution in [2.45, 2.75) is 57.9 Å². The maximum Gasteiger partial charge on any atom is 0.242 e. The van der Waals surface area contributed by atoms with E-state index in [1.807, 2.05) is 11.8 Å². The monoisotopic (exact) mass is 331 g/mol. The number of hydrogen-bond donors (Lipinski definition) is 1. The van der Waals surface area contributed by atoms with E-state index in [-0.39, 0.29) is 11.8 Å². The van der Waals surface area contributed by atoms with Gasteiger partial charge < -0.3 is 15.5 Å². The lowest BCUT2D eigenvalue weighted by Gasteiger charge is -2.36. The van der Waals surface area contributed by atoms with Gasteiger partial charge in [0.2, 0.25) is 5.91 Å². The summed E-state index contributed by atoms with van der Waals surface area (Å²) < 4.78 is 0. The smallest absolute Gasteiger partial charge is 0.242 e. The van der Waals surface area contributed by atoms with Crippen LogP contribution in [-0.4, -0.2) is 52.5 Å². The first-order chi connectivity index (χ1) is 11.3. The molecule has 132 valence electrons. The van der Waals surface area contributed by atoms with Crippen molar-refractivity contribution in [3.8, 4) is 0 Å². The van der Waals surface area contributed by atoms with Crippen molar-refractivity contribution in [3.05, 3.63) is 17.6 Å². The fraction of sp³-hybridized carbons (Fsp3) is 0.722. The second-order valence-corrected chi connectivity index (χ2v) is 7.70. The molecule has 0 unspecified atom stereocenters. The fourth-order valence-corrected chi connectivity index (χ4v) is 3.70. The lowest BCUT2D eigenvalue weighted by molar-refractivity contribution is -0.137. The van der Waals surface area contributed by atoms with Crippen molar-refractivity contribution in [1.82, 2.24) is 14.9 Å². The van der Waals surface area contributed by atoms with E-state index in [9.17, 15) is 4.79 Å².